The Kier molecular flexibility index (Phi) is 2.33. The number of hydrogen-bond acceptors (Lipinski definition) is 4. The Morgan fingerprint density at radius 2 is 2.24 bits per heavy atom. The number of nitrogen functional groups attached to an aromatic ring is 1. The standard InChI is InChI=1S/C12H12ClN3O/c1-6-4-8(6)11-15-12(17-16-11)7-2-3-9(13)10(14)5-7/h2-3,5-6,8H,4,14H2,1H3. The predicted molar refractivity (Wildman–Crippen MR) is 65.7 cm³/mol. The lowest BCUT2D eigenvalue weighted by atomic mass is 10.2. The monoisotopic (exact) mass is 249 g/mol. The van der Waals surface area contributed by atoms with Gasteiger partial charge < -0.3 is 10.3 Å². The molecule has 1 aliphatic carbocycles. The summed E-state index contributed by atoms with van der Waals surface area (Å²) in [6, 6.07) is 5.30. The van der Waals surface area contributed by atoms with Crippen LogP contribution in [0, 0.1) is 5.92 Å². The van der Waals surface area contributed by atoms with Crippen molar-refractivity contribution in [1.29, 1.82) is 0 Å². The van der Waals surface area contributed by atoms with Crippen molar-refractivity contribution in [3.05, 3.63) is 29.0 Å². The SMILES string of the molecule is CC1CC1c1noc(-c2ccc(Cl)c(N)c2)n1. The topological polar surface area (TPSA) is 64.9 Å². The molecule has 2 N–H and O–H groups in total. The van der Waals surface area contributed by atoms with E-state index in [4.69, 9.17) is 21.9 Å². The van der Waals surface area contributed by atoms with Gasteiger partial charge in [-0.15, -0.1) is 0 Å². The second-order valence-corrected chi connectivity index (χ2v) is 4.92. The average Bonchev–Trinajstić information content (AvgIpc) is 2.86. The Bertz CT molecular complexity index is 567. The first-order valence-electron chi connectivity index (χ1n) is 5.54. The molecule has 1 heterocycles. The van der Waals surface area contributed by atoms with Gasteiger partial charge in [0.2, 0.25) is 0 Å². The van der Waals surface area contributed by atoms with Crippen molar-refractivity contribution >= 4 is 17.3 Å². The molecule has 88 valence electrons. The Morgan fingerprint density at radius 3 is 2.88 bits per heavy atom. The van der Waals surface area contributed by atoms with E-state index in [1.165, 1.54) is 0 Å². The number of aromatic nitrogens is 2. The number of hydrogen-bond donors (Lipinski definition) is 1. The van der Waals surface area contributed by atoms with Crippen molar-refractivity contribution in [1.82, 2.24) is 10.1 Å². The van der Waals surface area contributed by atoms with Crippen LogP contribution in [0.5, 0.6) is 0 Å². The number of benzene rings is 1. The van der Waals surface area contributed by atoms with Crippen molar-refractivity contribution in [3.63, 3.8) is 0 Å². The molecule has 0 radical (unpaired) electrons. The number of nitrogens with two attached hydrogens (primary N) is 1. The van der Waals surface area contributed by atoms with Crippen LogP contribution < -0.4 is 5.73 Å². The summed E-state index contributed by atoms with van der Waals surface area (Å²) in [5.74, 6) is 2.41. The summed E-state index contributed by atoms with van der Waals surface area (Å²) in [7, 11) is 0. The van der Waals surface area contributed by atoms with Gasteiger partial charge in [0.1, 0.15) is 0 Å². The second kappa shape index (κ2) is 3.74. The molecule has 4 nitrogen and oxygen atoms in total. The number of halogens is 1. The van der Waals surface area contributed by atoms with E-state index in [2.05, 4.69) is 17.1 Å². The molecule has 1 fully saturated rings. The highest BCUT2D eigenvalue weighted by Gasteiger charge is 2.38. The van der Waals surface area contributed by atoms with E-state index in [0.29, 0.717) is 28.4 Å². The maximum Gasteiger partial charge on any atom is 0.258 e. The van der Waals surface area contributed by atoms with Gasteiger partial charge in [-0.2, -0.15) is 4.98 Å². The summed E-state index contributed by atoms with van der Waals surface area (Å²) >= 11 is 5.86. The van der Waals surface area contributed by atoms with Crippen LogP contribution in [0.1, 0.15) is 25.1 Å². The van der Waals surface area contributed by atoms with Gasteiger partial charge in [-0.3, -0.25) is 0 Å². The van der Waals surface area contributed by atoms with Gasteiger partial charge >= 0.3 is 0 Å². The Labute approximate surface area is 104 Å². The minimum Gasteiger partial charge on any atom is -0.398 e. The van der Waals surface area contributed by atoms with Gasteiger partial charge in [-0.05, 0) is 30.5 Å². The summed E-state index contributed by atoms with van der Waals surface area (Å²) in [5, 5.41) is 4.53. The van der Waals surface area contributed by atoms with E-state index in [-0.39, 0.29) is 0 Å². The van der Waals surface area contributed by atoms with Crippen molar-refractivity contribution in [2.24, 2.45) is 5.92 Å². The summed E-state index contributed by atoms with van der Waals surface area (Å²) in [6.45, 7) is 2.18. The molecule has 1 aromatic heterocycles. The highest BCUT2D eigenvalue weighted by atomic mass is 35.5. The normalized spacial score (nSPS) is 22.7. The predicted octanol–water partition coefficient (Wildman–Crippen LogP) is 3.10. The Hall–Kier alpha value is -1.55. The highest BCUT2D eigenvalue weighted by Crippen LogP contribution is 2.45. The molecule has 0 aliphatic heterocycles. The molecule has 3 rings (SSSR count). The van der Waals surface area contributed by atoms with Crippen molar-refractivity contribution in [2.75, 3.05) is 5.73 Å². The minimum absolute atomic E-state index is 0.456. The first-order valence-corrected chi connectivity index (χ1v) is 5.92. The smallest absolute Gasteiger partial charge is 0.258 e. The lowest BCUT2D eigenvalue weighted by Gasteiger charge is -1.98. The van der Waals surface area contributed by atoms with Crippen LogP contribution in [0.3, 0.4) is 0 Å². The Morgan fingerprint density at radius 1 is 1.47 bits per heavy atom. The molecular formula is C12H12ClN3O. The van der Waals surface area contributed by atoms with E-state index in [1.54, 1.807) is 12.1 Å². The van der Waals surface area contributed by atoms with Crippen LogP contribution in [-0.2, 0) is 0 Å². The molecule has 0 saturated heterocycles. The van der Waals surface area contributed by atoms with E-state index < -0.39 is 0 Å². The summed E-state index contributed by atoms with van der Waals surface area (Å²) in [6.07, 6.45) is 1.14. The van der Waals surface area contributed by atoms with Gasteiger partial charge in [0.15, 0.2) is 5.82 Å². The molecule has 5 heteroatoms. The first kappa shape index (κ1) is 10.6. The van der Waals surface area contributed by atoms with E-state index in [9.17, 15) is 0 Å². The van der Waals surface area contributed by atoms with Gasteiger partial charge in [0.05, 0.1) is 10.7 Å². The fourth-order valence-electron chi connectivity index (χ4n) is 1.86. The van der Waals surface area contributed by atoms with Gasteiger partial charge in [-0.1, -0.05) is 23.7 Å². The molecule has 0 bridgehead atoms. The van der Waals surface area contributed by atoms with E-state index in [0.717, 1.165) is 17.8 Å². The van der Waals surface area contributed by atoms with Crippen LogP contribution >= 0.6 is 11.6 Å². The third-order valence-electron chi connectivity index (χ3n) is 3.13. The zero-order valence-corrected chi connectivity index (χ0v) is 10.1. The number of rotatable bonds is 2. The lowest BCUT2D eigenvalue weighted by molar-refractivity contribution is 0.422. The number of nitrogens with zero attached hydrogens (tertiary/aromatic N) is 2. The van der Waals surface area contributed by atoms with Gasteiger partial charge in [0, 0.05) is 11.5 Å². The van der Waals surface area contributed by atoms with Crippen LogP contribution in [0.2, 0.25) is 5.02 Å². The van der Waals surface area contributed by atoms with Crippen molar-refractivity contribution in [2.45, 2.75) is 19.3 Å². The molecular weight excluding hydrogens is 238 g/mol. The van der Waals surface area contributed by atoms with E-state index >= 15 is 0 Å². The molecule has 2 aromatic rings. The van der Waals surface area contributed by atoms with Crippen molar-refractivity contribution in [3.8, 4) is 11.5 Å². The second-order valence-electron chi connectivity index (χ2n) is 4.51. The molecule has 17 heavy (non-hydrogen) atoms. The van der Waals surface area contributed by atoms with Crippen LogP contribution in [0.4, 0.5) is 5.69 Å². The molecule has 2 unspecified atom stereocenters. The molecule has 1 aromatic carbocycles. The molecule has 2 atom stereocenters. The zero-order valence-electron chi connectivity index (χ0n) is 9.35. The van der Waals surface area contributed by atoms with Crippen LogP contribution in [0.15, 0.2) is 22.7 Å². The highest BCUT2D eigenvalue weighted by molar-refractivity contribution is 6.33. The van der Waals surface area contributed by atoms with Gasteiger partial charge in [-0.25, -0.2) is 0 Å². The minimum atomic E-state index is 0.456. The quantitative estimate of drug-likeness (QED) is 0.831. The Balaban J connectivity index is 1.92. The fourth-order valence-corrected chi connectivity index (χ4v) is 1.98. The third kappa shape index (κ3) is 1.89. The fraction of sp³-hybridized carbons (Fsp3) is 0.333. The third-order valence-corrected chi connectivity index (χ3v) is 3.47. The largest absolute Gasteiger partial charge is 0.398 e. The number of anilines is 1. The van der Waals surface area contributed by atoms with Crippen molar-refractivity contribution < 1.29 is 4.52 Å². The average molecular weight is 250 g/mol. The lowest BCUT2D eigenvalue weighted by Crippen LogP contribution is -1.88. The van der Waals surface area contributed by atoms with Crippen LogP contribution in [-0.4, -0.2) is 10.1 Å². The van der Waals surface area contributed by atoms with Crippen LogP contribution in [0.25, 0.3) is 11.5 Å². The van der Waals surface area contributed by atoms with E-state index in [1.807, 2.05) is 6.07 Å². The molecule has 0 spiro atoms. The molecule has 1 saturated carbocycles. The maximum absolute atomic E-state index is 5.86. The van der Waals surface area contributed by atoms with Gasteiger partial charge in [0.25, 0.3) is 5.89 Å². The molecule has 0 amide bonds. The summed E-state index contributed by atoms with van der Waals surface area (Å²) in [5.41, 5.74) is 7.06. The summed E-state index contributed by atoms with van der Waals surface area (Å²) in [4.78, 5) is 4.39. The maximum atomic E-state index is 5.86. The first-order chi connectivity index (χ1) is 8.15. The zero-order chi connectivity index (χ0) is 12.0. The summed E-state index contributed by atoms with van der Waals surface area (Å²) < 4.78 is 5.24. The molecule has 1 aliphatic rings.